The minimum absolute atomic E-state index is 0.0116. The first-order valence-electron chi connectivity index (χ1n) is 20.8. The van der Waals surface area contributed by atoms with Gasteiger partial charge < -0.3 is 23.7 Å². The molecule has 61 heavy (non-hydrogen) atoms. The largest absolute Gasteiger partial charge is 0.469 e. The van der Waals surface area contributed by atoms with Gasteiger partial charge in [-0.2, -0.15) is 4.31 Å². The van der Waals surface area contributed by atoms with Gasteiger partial charge in [-0.3, -0.25) is 38.5 Å². The van der Waals surface area contributed by atoms with Gasteiger partial charge in [-0.25, -0.2) is 8.42 Å². The number of amides is 2. The average Bonchev–Trinajstić information content (AvgIpc) is 3.67. The van der Waals surface area contributed by atoms with Gasteiger partial charge in [0.05, 0.1) is 34.3 Å². The first-order chi connectivity index (χ1) is 28.1. The van der Waals surface area contributed by atoms with Crippen molar-refractivity contribution in [2.75, 3.05) is 41.1 Å². The van der Waals surface area contributed by atoms with Crippen molar-refractivity contribution in [1.29, 1.82) is 0 Å². The molecule has 0 spiro atoms. The quantitative estimate of drug-likeness (QED) is 0.0691. The molecule has 17 heteroatoms. The first-order valence-corrected chi connectivity index (χ1v) is 22.2. The number of methoxy groups -OCH3 is 1. The van der Waals surface area contributed by atoms with Gasteiger partial charge in [-0.15, -0.1) is 0 Å². The minimum Gasteiger partial charge on any atom is -0.469 e. The third-order valence-corrected chi connectivity index (χ3v) is 14.4. The minimum atomic E-state index is -4.33. The van der Waals surface area contributed by atoms with Crippen LogP contribution in [0, 0.1) is 38.9 Å². The van der Waals surface area contributed by atoms with E-state index in [2.05, 4.69) is 13.8 Å². The molecule has 5 atom stereocenters. The number of esters is 5. The molecule has 2 fully saturated rings. The van der Waals surface area contributed by atoms with Crippen molar-refractivity contribution < 1.29 is 65.7 Å². The maximum Gasteiger partial charge on any atom is 0.312 e. The second kappa shape index (κ2) is 18.5. The molecule has 2 bridgehead atoms. The van der Waals surface area contributed by atoms with E-state index in [4.69, 9.17) is 23.7 Å². The van der Waals surface area contributed by atoms with Gasteiger partial charge >= 0.3 is 29.8 Å². The number of rotatable bonds is 20. The number of imide groups is 1. The van der Waals surface area contributed by atoms with Gasteiger partial charge in [-0.05, 0) is 124 Å². The molecule has 1 aromatic rings. The summed E-state index contributed by atoms with van der Waals surface area (Å²) in [4.78, 5) is 94.4. The topological polar surface area (TPSA) is 206 Å². The maximum absolute atomic E-state index is 14.5. The molecule has 16 nitrogen and oxygen atoms in total. The van der Waals surface area contributed by atoms with Gasteiger partial charge in [0.1, 0.15) is 30.9 Å². The van der Waals surface area contributed by atoms with Crippen LogP contribution >= 0.6 is 0 Å². The summed E-state index contributed by atoms with van der Waals surface area (Å²) in [5.41, 5.74) is -5.49. The average molecular weight is 877 g/mol. The second-order valence-corrected chi connectivity index (χ2v) is 21.4. The van der Waals surface area contributed by atoms with Crippen molar-refractivity contribution in [1.82, 2.24) is 9.21 Å². The number of nitrogens with zero attached hydrogens (tertiary/aromatic N) is 2. The van der Waals surface area contributed by atoms with Crippen molar-refractivity contribution in [2.45, 2.75) is 124 Å². The lowest BCUT2D eigenvalue weighted by Gasteiger charge is -2.42. The number of ether oxygens (including phenoxy) is 5. The van der Waals surface area contributed by atoms with Crippen LogP contribution < -0.4 is 0 Å². The molecule has 4 rings (SSSR count). The summed E-state index contributed by atoms with van der Waals surface area (Å²) in [5.74, 6) is -4.54. The van der Waals surface area contributed by atoms with Crippen molar-refractivity contribution in [3.63, 3.8) is 0 Å². The Morgan fingerprint density at radius 2 is 1.36 bits per heavy atom. The number of hydrogen-bond donors (Lipinski definition) is 0. The van der Waals surface area contributed by atoms with E-state index in [-0.39, 0.29) is 84.2 Å². The zero-order valence-corrected chi connectivity index (χ0v) is 38.4. The highest BCUT2D eigenvalue weighted by Crippen LogP contribution is 2.59. The van der Waals surface area contributed by atoms with E-state index in [1.54, 1.807) is 60.5 Å². The Balaban J connectivity index is 1.38. The van der Waals surface area contributed by atoms with Crippen LogP contribution in [0.1, 0.15) is 124 Å². The van der Waals surface area contributed by atoms with Gasteiger partial charge in [0.2, 0.25) is 5.91 Å². The lowest BCUT2D eigenvalue weighted by atomic mass is 9.62. The smallest absolute Gasteiger partial charge is 0.312 e. The summed E-state index contributed by atoms with van der Waals surface area (Å²) in [5, 5.41) is 0. The molecule has 2 saturated carbocycles. The van der Waals surface area contributed by atoms with E-state index >= 15 is 0 Å². The van der Waals surface area contributed by atoms with E-state index in [1.165, 1.54) is 31.4 Å². The standard InChI is InChI=1S/C44H64N2O14S/c1-40(2,36(50)58-22-21-57-34(48)18-14-17-33(47)46-35(49)29-15-12-13-16-32(29)61(46,54)55)24-43(7,38(52)56-11)26-44(8,25-41(3,4)37(51)59-27-45(9)10)39(53)60-31-23-28-19-20-30(31)42(28,5)6/h12-13,15-16,28,30-31H,14,17-27H2,1-11H3. The van der Waals surface area contributed by atoms with Crippen LogP contribution in [0.2, 0.25) is 0 Å². The lowest BCUT2D eigenvalue weighted by molar-refractivity contribution is -0.176. The normalized spacial score (nSPS) is 22.1. The molecule has 1 heterocycles. The van der Waals surface area contributed by atoms with E-state index in [9.17, 15) is 42.0 Å². The van der Waals surface area contributed by atoms with Gasteiger partial charge in [0, 0.05) is 18.8 Å². The van der Waals surface area contributed by atoms with Crippen LogP contribution in [-0.4, -0.2) is 107 Å². The summed E-state index contributed by atoms with van der Waals surface area (Å²) in [6, 6.07) is 5.49. The monoisotopic (exact) mass is 876 g/mol. The zero-order chi connectivity index (χ0) is 45.9. The summed E-state index contributed by atoms with van der Waals surface area (Å²) in [7, 11) is 0.398. The molecule has 2 aliphatic carbocycles. The maximum atomic E-state index is 14.5. The molecular formula is C44H64N2O14S. The summed E-state index contributed by atoms with van der Waals surface area (Å²) in [6.07, 6.45) is 1.34. The Labute approximate surface area is 359 Å². The van der Waals surface area contributed by atoms with Crippen LogP contribution in [-0.2, 0) is 62.5 Å². The number of sulfonamides is 1. The molecule has 3 aliphatic rings. The van der Waals surface area contributed by atoms with Crippen LogP contribution in [0.4, 0.5) is 0 Å². The van der Waals surface area contributed by atoms with Crippen molar-refractivity contribution in [3.05, 3.63) is 29.8 Å². The van der Waals surface area contributed by atoms with E-state index in [1.807, 2.05) is 0 Å². The highest BCUT2D eigenvalue weighted by atomic mass is 32.2. The Morgan fingerprint density at radius 1 is 0.787 bits per heavy atom. The van der Waals surface area contributed by atoms with E-state index in [0.29, 0.717) is 5.92 Å². The summed E-state index contributed by atoms with van der Waals surface area (Å²) < 4.78 is 53.5. The van der Waals surface area contributed by atoms with E-state index < -0.39 is 79.8 Å². The van der Waals surface area contributed by atoms with Crippen LogP contribution in [0.25, 0.3) is 0 Å². The summed E-state index contributed by atoms with van der Waals surface area (Å²) >= 11 is 0. The number of carbonyl (C=O) groups is 7. The molecule has 0 aromatic heterocycles. The fraction of sp³-hybridized carbons (Fsp3) is 0.705. The van der Waals surface area contributed by atoms with Crippen molar-refractivity contribution >= 4 is 51.7 Å². The Morgan fingerprint density at radius 3 is 1.90 bits per heavy atom. The van der Waals surface area contributed by atoms with Crippen LogP contribution in [0.5, 0.6) is 0 Å². The van der Waals surface area contributed by atoms with Crippen molar-refractivity contribution in [3.8, 4) is 0 Å². The Kier molecular flexibility index (Phi) is 15.0. The first kappa shape index (κ1) is 49.3. The fourth-order valence-corrected chi connectivity index (χ4v) is 11.4. The van der Waals surface area contributed by atoms with Gasteiger partial charge in [-0.1, -0.05) is 26.0 Å². The number of benzene rings is 1. The predicted molar refractivity (Wildman–Crippen MR) is 219 cm³/mol. The van der Waals surface area contributed by atoms with Gasteiger partial charge in [0.15, 0.2) is 0 Å². The number of carbonyl (C=O) groups excluding carboxylic acids is 7. The molecular weight excluding hydrogens is 813 g/mol. The third-order valence-electron chi connectivity index (χ3n) is 12.6. The SMILES string of the molecule is COC(=O)C(C)(CC(C)(C)C(=O)OCCOC(=O)CCCC(=O)N1C(=O)c2ccccc2S1(=O)=O)CC(C)(CC(C)(C)C(=O)OCN(C)C)C(=O)OC1CC2CCC1C2(C)C. The third kappa shape index (κ3) is 10.8. The molecule has 340 valence electrons. The second-order valence-electron chi connectivity index (χ2n) is 19.6. The van der Waals surface area contributed by atoms with Gasteiger partial charge in [0.25, 0.3) is 15.9 Å². The molecule has 1 aliphatic heterocycles. The predicted octanol–water partition coefficient (Wildman–Crippen LogP) is 5.45. The highest BCUT2D eigenvalue weighted by molar-refractivity contribution is 7.90. The number of fused-ring (bicyclic) bond motifs is 3. The van der Waals surface area contributed by atoms with Crippen molar-refractivity contribution in [2.24, 2.45) is 38.9 Å². The Hall–Kier alpha value is -4.38. The molecule has 2 amide bonds. The lowest BCUT2D eigenvalue weighted by Crippen LogP contribution is -2.47. The Bertz CT molecular complexity index is 1990. The summed E-state index contributed by atoms with van der Waals surface area (Å²) in [6.45, 7) is 13.6. The van der Waals surface area contributed by atoms with E-state index in [0.717, 1.165) is 19.3 Å². The van der Waals surface area contributed by atoms with Crippen LogP contribution in [0.3, 0.4) is 0 Å². The molecule has 0 saturated heterocycles. The zero-order valence-electron chi connectivity index (χ0n) is 37.5. The molecule has 5 unspecified atom stereocenters. The number of hydrogen-bond acceptors (Lipinski definition) is 15. The molecule has 0 N–H and O–H groups in total. The molecule has 0 radical (unpaired) electrons. The molecule has 1 aromatic carbocycles. The highest BCUT2D eigenvalue weighted by Gasteiger charge is 2.58. The fourth-order valence-electron chi connectivity index (χ4n) is 9.84. The van der Waals surface area contributed by atoms with Crippen LogP contribution in [0.15, 0.2) is 29.2 Å².